The van der Waals surface area contributed by atoms with Crippen LogP contribution in [0, 0.1) is 11.3 Å². The van der Waals surface area contributed by atoms with Gasteiger partial charge in [0.15, 0.2) is 0 Å². The minimum Gasteiger partial charge on any atom is -0.307 e. The van der Waals surface area contributed by atoms with E-state index in [9.17, 15) is 0 Å². The van der Waals surface area contributed by atoms with Crippen LogP contribution >= 0.6 is 11.8 Å². The first-order valence-electron chi connectivity index (χ1n) is 7.02. The first kappa shape index (κ1) is 14.4. The molecule has 0 radical (unpaired) electrons. The van der Waals surface area contributed by atoms with Crippen molar-refractivity contribution in [2.45, 2.75) is 49.9 Å². The maximum atomic E-state index is 8.95. The molecule has 0 amide bonds. The summed E-state index contributed by atoms with van der Waals surface area (Å²) in [7, 11) is 0. The zero-order chi connectivity index (χ0) is 13.7. The SMILES string of the molecule is CSC1CCC(NC(C)c2cccc(C#N)c2)CC1. The highest BCUT2D eigenvalue weighted by Gasteiger charge is 2.21. The molecule has 1 aromatic carbocycles. The van der Waals surface area contributed by atoms with Crippen LogP contribution in [0.4, 0.5) is 0 Å². The average Bonchev–Trinajstić information content (AvgIpc) is 2.48. The van der Waals surface area contributed by atoms with Crippen LogP contribution in [-0.4, -0.2) is 17.5 Å². The number of nitrogens with one attached hydrogen (secondary N) is 1. The summed E-state index contributed by atoms with van der Waals surface area (Å²) in [6, 6.07) is 11.1. The number of thioether (sulfide) groups is 1. The van der Waals surface area contributed by atoms with Gasteiger partial charge in [0.05, 0.1) is 11.6 Å². The molecule has 1 atom stereocenters. The van der Waals surface area contributed by atoms with E-state index in [1.165, 1.54) is 31.2 Å². The van der Waals surface area contributed by atoms with Gasteiger partial charge in [-0.15, -0.1) is 0 Å². The van der Waals surface area contributed by atoms with Gasteiger partial charge in [-0.25, -0.2) is 0 Å². The van der Waals surface area contributed by atoms with Crippen LogP contribution in [0.1, 0.15) is 49.8 Å². The quantitative estimate of drug-likeness (QED) is 0.905. The van der Waals surface area contributed by atoms with Crippen LogP contribution in [0.2, 0.25) is 0 Å². The van der Waals surface area contributed by atoms with Crippen LogP contribution in [0.25, 0.3) is 0 Å². The number of rotatable bonds is 4. The summed E-state index contributed by atoms with van der Waals surface area (Å²) in [5.41, 5.74) is 1.96. The summed E-state index contributed by atoms with van der Waals surface area (Å²) in [6.45, 7) is 2.19. The molecule has 1 aliphatic carbocycles. The van der Waals surface area contributed by atoms with Gasteiger partial charge in [-0.05, 0) is 56.6 Å². The lowest BCUT2D eigenvalue weighted by molar-refractivity contribution is 0.352. The second kappa shape index (κ2) is 6.98. The van der Waals surface area contributed by atoms with E-state index in [-0.39, 0.29) is 0 Å². The number of nitriles is 1. The molecule has 0 spiro atoms. The normalized spacial score (nSPS) is 24.7. The standard InChI is InChI=1S/C16H22N2S/c1-12(14-5-3-4-13(10-14)11-17)18-15-6-8-16(19-2)9-7-15/h3-5,10,12,15-16,18H,6-9H2,1-2H3. The van der Waals surface area contributed by atoms with E-state index in [4.69, 9.17) is 5.26 Å². The Hall–Kier alpha value is -0.980. The Morgan fingerprint density at radius 3 is 2.68 bits per heavy atom. The molecule has 1 unspecified atom stereocenters. The first-order valence-corrected chi connectivity index (χ1v) is 8.30. The van der Waals surface area contributed by atoms with Crippen molar-refractivity contribution in [2.75, 3.05) is 6.26 Å². The van der Waals surface area contributed by atoms with Crippen LogP contribution in [0.5, 0.6) is 0 Å². The van der Waals surface area contributed by atoms with Crippen molar-refractivity contribution in [1.82, 2.24) is 5.32 Å². The largest absolute Gasteiger partial charge is 0.307 e. The fraction of sp³-hybridized carbons (Fsp3) is 0.562. The van der Waals surface area contributed by atoms with Gasteiger partial charge < -0.3 is 5.32 Å². The second-order valence-corrected chi connectivity index (χ2v) is 6.47. The van der Waals surface area contributed by atoms with Gasteiger partial charge in [0.25, 0.3) is 0 Å². The highest BCUT2D eigenvalue weighted by Crippen LogP contribution is 2.28. The summed E-state index contributed by atoms with van der Waals surface area (Å²) < 4.78 is 0. The highest BCUT2D eigenvalue weighted by molar-refractivity contribution is 7.99. The predicted molar refractivity (Wildman–Crippen MR) is 82.3 cm³/mol. The molecule has 0 bridgehead atoms. The van der Waals surface area contributed by atoms with E-state index in [1.54, 1.807) is 0 Å². The topological polar surface area (TPSA) is 35.8 Å². The van der Waals surface area contributed by atoms with Gasteiger partial charge in [-0.3, -0.25) is 0 Å². The lowest BCUT2D eigenvalue weighted by Crippen LogP contribution is -2.35. The smallest absolute Gasteiger partial charge is 0.0991 e. The monoisotopic (exact) mass is 274 g/mol. The maximum absolute atomic E-state index is 8.95. The predicted octanol–water partition coefficient (Wildman–Crippen LogP) is 3.88. The van der Waals surface area contributed by atoms with Gasteiger partial charge in [0, 0.05) is 17.3 Å². The van der Waals surface area contributed by atoms with Crippen molar-refractivity contribution < 1.29 is 0 Å². The van der Waals surface area contributed by atoms with Gasteiger partial charge >= 0.3 is 0 Å². The Bertz CT molecular complexity index is 444. The summed E-state index contributed by atoms with van der Waals surface area (Å²) >= 11 is 2.00. The van der Waals surface area contributed by atoms with Crippen molar-refractivity contribution in [2.24, 2.45) is 0 Å². The molecule has 1 N–H and O–H groups in total. The fourth-order valence-electron chi connectivity index (χ4n) is 2.79. The van der Waals surface area contributed by atoms with Gasteiger partial charge in [-0.2, -0.15) is 17.0 Å². The van der Waals surface area contributed by atoms with Crippen molar-refractivity contribution in [3.05, 3.63) is 35.4 Å². The Labute approximate surface area is 120 Å². The van der Waals surface area contributed by atoms with Crippen molar-refractivity contribution in [1.29, 1.82) is 5.26 Å². The molecule has 1 fully saturated rings. The van der Waals surface area contributed by atoms with E-state index in [1.807, 2.05) is 30.0 Å². The molecule has 0 aliphatic heterocycles. The van der Waals surface area contributed by atoms with Gasteiger partial charge in [-0.1, -0.05) is 12.1 Å². The Kier molecular flexibility index (Phi) is 5.30. The zero-order valence-electron chi connectivity index (χ0n) is 11.7. The molecule has 2 rings (SSSR count). The zero-order valence-corrected chi connectivity index (χ0v) is 12.5. The Balaban J connectivity index is 1.90. The van der Waals surface area contributed by atoms with Crippen molar-refractivity contribution in [3.8, 4) is 6.07 Å². The molecular formula is C16H22N2S. The van der Waals surface area contributed by atoms with Gasteiger partial charge in [0.1, 0.15) is 0 Å². The average molecular weight is 274 g/mol. The summed E-state index contributed by atoms with van der Waals surface area (Å²) in [6.07, 6.45) is 7.41. The summed E-state index contributed by atoms with van der Waals surface area (Å²) in [5, 5.41) is 13.5. The highest BCUT2D eigenvalue weighted by atomic mass is 32.2. The van der Waals surface area contributed by atoms with Crippen molar-refractivity contribution in [3.63, 3.8) is 0 Å². The molecule has 3 heteroatoms. The second-order valence-electron chi connectivity index (χ2n) is 5.33. The summed E-state index contributed by atoms with van der Waals surface area (Å²) in [5.74, 6) is 0. The molecule has 2 nitrogen and oxygen atoms in total. The van der Waals surface area contributed by atoms with E-state index in [0.717, 1.165) is 10.8 Å². The van der Waals surface area contributed by atoms with Crippen LogP contribution in [-0.2, 0) is 0 Å². The van der Waals surface area contributed by atoms with E-state index in [2.05, 4.69) is 30.6 Å². The van der Waals surface area contributed by atoms with Crippen molar-refractivity contribution >= 4 is 11.8 Å². The first-order chi connectivity index (χ1) is 9.22. The molecular weight excluding hydrogens is 252 g/mol. The number of benzene rings is 1. The van der Waals surface area contributed by atoms with Gasteiger partial charge in [0.2, 0.25) is 0 Å². The molecule has 0 saturated heterocycles. The molecule has 1 aliphatic rings. The van der Waals surface area contributed by atoms with Crippen LogP contribution < -0.4 is 5.32 Å². The lowest BCUT2D eigenvalue weighted by atomic mass is 9.93. The maximum Gasteiger partial charge on any atom is 0.0991 e. The molecule has 1 aromatic rings. The molecule has 0 heterocycles. The minimum atomic E-state index is 0.323. The van der Waals surface area contributed by atoms with E-state index >= 15 is 0 Å². The number of nitrogens with zero attached hydrogens (tertiary/aromatic N) is 1. The summed E-state index contributed by atoms with van der Waals surface area (Å²) in [4.78, 5) is 0. The molecule has 1 saturated carbocycles. The molecule has 102 valence electrons. The molecule has 0 aromatic heterocycles. The Morgan fingerprint density at radius 2 is 2.05 bits per heavy atom. The van der Waals surface area contributed by atoms with Crippen LogP contribution in [0.3, 0.4) is 0 Å². The Morgan fingerprint density at radius 1 is 1.32 bits per heavy atom. The third-order valence-electron chi connectivity index (χ3n) is 4.01. The molecule has 19 heavy (non-hydrogen) atoms. The third kappa shape index (κ3) is 3.99. The fourth-order valence-corrected chi connectivity index (χ4v) is 3.54. The lowest BCUT2D eigenvalue weighted by Gasteiger charge is -2.30. The number of hydrogen-bond donors (Lipinski definition) is 1. The minimum absolute atomic E-state index is 0.323. The van der Waals surface area contributed by atoms with E-state index < -0.39 is 0 Å². The third-order valence-corrected chi connectivity index (χ3v) is 5.15. The number of hydrogen-bond acceptors (Lipinski definition) is 3. The van der Waals surface area contributed by atoms with E-state index in [0.29, 0.717) is 12.1 Å². The van der Waals surface area contributed by atoms with Crippen LogP contribution in [0.15, 0.2) is 24.3 Å².